The number of para-hydroxylation sites is 2. The number of nitrogens with one attached hydrogen (secondary N) is 7. The molecule has 6 saturated heterocycles. The van der Waals surface area contributed by atoms with Gasteiger partial charge >= 0.3 is 0 Å². The number of aromatic nitrogens is 4. The summed E-state index contributed by atoms with van der Waals surface area (Å²) < 4.78 is 61.2. The number of aliphatic hydroxyl groups excluding tert-OH is 1. The number of benzene rings is 3. The Kier molecular flexibility index (Phi) is 34.5. The van der Waals surface area contributed by atoms with E-state index in [0.717, 1.165) is 51.5 Å². The summed E-state index contributed by atoms with van der Waals surface area (Å²) >= 11 is 0. The fourth-order valence-corrected chi connectivity index (χ4v) is 23.9. The number of rotatable bonds is 43. The van der Waals surface area contributed by atoms with Crippen LogP contribution in [0.15, 0.2) is 120 Å². The molecule has 0 aliphatic carbocycles. The number of aliphatic hydroxyl groups is 2. The van der Waals surface area contributed by atoms with Gasteiger partial charge in [-0.3, -0.25) is 43.3 Å². The number of methoxy groups -OCH3 is 1. The van der Waals surface area contributed by atoms with Gasteiger partial charge in [-0.05, 0) is 158 Å². The molecule has 2 aromatic heterocycles. The number of allylic oxidation sites excluding steroid dienone is 6. The molecule has 3 unspecified atom stereocenters. The van der Waals surface area contributed by atoms with Crippen LogP contribution in [0.25, 0.3) is 11.2 Å². The zero-order valence-electron chi connectivity index (χ0n) is 80.9. The second kappa shape index (κ2) is 45.2. The normalized spacial score (nSPS) is 30.3. The number of nitrogens with two attached hydrogens (primary N) is 1. The van der Waals surface area contributed by atoms with E-state index in [0.29, 0.717) is 55.8 Å². The highest BCUT2D eigenvalue weighted by atomic mass is 33.1. The molecule has 0 saturated carbocycles. The molecule has 10 heterocycles. The van der Waals surface area contributed by atoms with Gasteiger partial charge in [0.1, 0.15) is 13.1 Å². The standard InChI is InChI=1S/C101H141N13O19S2/c1-60-35-40-70(51-71-52-77(125-15)66(7)101(130-71)64(5)53-99(13,133-101)81-43-44-98(12,131-81)89-62(3)50-78(129-89)88-61(2)49-63(4)100(124,57-115)132-88)128-87(60)65(6)91(120)104-46-48-134-135-56-85(127-59-117)110-93(122)74(108-83(119)41-42-84(126-58-116)109-92(121)67-36-38-68(39-37-67)105-54-69-55-106-90-86(107-69)94(123)112-95(102)111-90)29-26-45-103-82(118)34-20-17-25-47-114-76-31-24-22-28-73(76)97(10,11)80(114)33-19-16-18-32-79-96(8,9)72-27-21-23-30-75(72)113(79)14/h16,18-19,21-24,27-28,30-33,36-39,55,58-66,70-71,74,77-78,81,84-85,87-89,115,124H,17,20,25-26,29,34-35,40-54,56-57H2,1-15H3,(H8-,102,103,104,105,106,108,109,110,111,112,118,119,120,121,122,123)/p+1/t60-,61-,62-,63+,64+,65+,66+,70+,71+,74?,77+,78+,81?,84+,85+,87?,88+,89+,98-,99+,100-,101+/m0/s1. The monoisotopic (exact) mass is 1900 g/mol. The lowest BCUT2D eigenvalue weighted by atomic mass is 9.78. The Balaban J connectivity index is 0.573. The van der Waals surface area contributed by atoms with E-state index in [1.807, 2.05) is 13.8 Å². The van der Waals surface area contributed by atoms with Gasteiger partial charge in [-0.1, -0.05) is 145 Å². The molecule has 22 atom stereocenters. The third kappa shape index (κ3) is 24.0. The van der Waals surface area contributed by atoms with Crippen molar-refractivity contribution in [2.75, 3.05) is 67.9 Å². The Labute approximate surface area is 800 Å². The zero-order chi connectivity index (χ0) is 96.9. The first-order chi connectivity index (χ1) is 64.4. The molecular weight excluding hydrogens is 1760 g/mol. The highest BCUT2D eigenvalue weighted by molar-refractivity contribution is 8.76. The molecule has 11 N–H and O–H groups in total. The van der Waals surface area contributed by atoms with Crippen LogP contribution in [-0.4, -0.2) is 225 Å². The van der Waals surface area contributed by atoms with Gasteiger partial charge in [-0.25, -0.2) is 9.97 Å². The maximum Gasteiger partial charge on any atom is 0.295 e. The molecular formula is C101H142N13O19S2+. The number of nitrogen functional groups attached to an aromatic ring is 1. The van der Waals surface area contributed by atoms with Crippen LogP contribution in [0.1, 0.15) is 226 Å². The number of hydrogen-bond donors (Lipinski definition) is 10. The quantitative estimate of drug-likeness (QED) is 0.00433. The third-order valence-corrected chi connectivity index (χ3v) is 31.8. The number of unbranched alkanes of at least 4 members (excludes halogenated alkanes) is 2. The average molecular weight is 1910 g/mol. The van der Waals surface area contributed by atoms with Crippen molar-refractivity contribution in [3.05, 3.63) is 148 Å². The van der Waals surface area contributed by atoms with Crippen molar-refractivity contribution < 1.29 is 91.0 Å². The first-order valence-corrected chi connectivity index (χ1v) is 50.7. The summed E-state index contributed by atoms with van der Waals surface area (Å²) in [5.74, 6) is -4.81. The SMILES string of the molecule is CO[C@@H]1C[C@@H](C[C@H]2CC[C@H](C)C([C@@H](C)C(=O)NCCSSC[C@H](NC(=O)C(CCCNC(=O)CCCCCN3C(=CC=CC=CC4=[N+](C)c5ccccc5C4(C)C)C(C)(C)c4ccccc43)NC(=O)CC[C@H](NC(=O)c3ccc(NCc4cnc5nc(N)[nH]c(=O)c5n4)cc3)OC=O)OC=O)O2)O[C@]2(O[C@@](C)(C3CC[C@@](C)([C@@H]4O[C@@H]([C@@H]5O[C@@](O)(CO)[C@H](C)C[C@@H]5C)C[C@@H]4C)O3)C[C@H]2C)[C@@H]1C. The number of nitrogens with zero attached hydrogens (tertiary/aromatic N) is 5. The van der Waals surface area contributed by atoms with Gasteiger partial charge in [0.15, 0.2) is 40.9 Å². The molecule has 0 radical (unpaired) electrons. The topological polar surface area (TPSA) is 419 Å². The van der Waals surface area contributed by atoms with E-state index in [4.69, 9.17) is 48.4 Å². The van der Waals surface area contributed by atoms with Gasteiger partial charge in [0, 0.05) is 128 Å². The fourth-order valence-electron chi connectivity index (χ4n) is 21.9. The van der Waals surface area contributed by atoms with Crippen molar-refractivity contribution in [3.8, 4) is 0 Å². The molecule has 34 heteroatoms. The van der Waals surface area contributed by atoms with E-state index < -0.39 is 77.1 Å². The largest absolute Gasteiger partial charge is 0.444 e. The highest BCUT2D eigenvalue weighted by Gasteiger charge is 2.65. The number of aromatic amines is 1. The van der Waals surface area contributed by atoms with E-state index in [2.05, 4.69) is 223 Å². The number of hydrogen-bond acceptors (Lipinski definition) is 27. The molecule has 736 valence electrons. The van der Waals surface area contributed by atoms with Crippen molar-refractivity contribution >= 4 is 104 Å². The molecule has 8 aliphatic heterocycles. The second-order valence-corrected chi connectivity index (χ2v) is 42.5. The van der Waals surface area contributed by atoms with Crippen molar-refractivity contribution in [1.29, 1.82) is 0 Å². The molecule has 32 nitrogen and oxygen atoms in total. The van der Waals surface area contributed by atoms with Crippen LogP contribution in [0.2, 0.25) is 0 Å². The summed E-state index contributed by atoms with van der Waals surface area (Å²) in [5.41, 5.74) is 12.2. The Morgan fingerprint density at radius 2 is 1.48 bits per heavy atom. The molecule has 6 fully saturated rings. The number of ether oxygens (including phenoxy) is 9. The summed E-state index contributed by atoms with van der Waals surface area (Å²) in [6.45, 7) is 29.3. The zero-order valence-corrected chi connectivity index (χ0v) is 82.5. The van der Waals surface area contributed by atoms with Gasteiger partial charge in [0.2, 0.25) is 35.3 Å². The van der Waals surface area contributed by atoms with Crippen molar-refractivity contribution in [1.82, 2.24) is 46.5 Å². The molecule has 0 bridgehead atoms. The average Bonchev–Trinajstić information content (AvgIpc) is 1.56. The molecule has 13 rings (SSSR count). The van der Waals surface area contributed by atoms with Crippen molar-refractivity contribution in [2.45, 2.75) is 307 Å². The molecule has 1 spiro atoms. The lowest BCUT2D eigenvalue weighted by Gasteiger charge is -2.50. The van der Waals surface area contributed by atoms with E-state index in [9.17, 15) is 48.6 Å². The molecule has 5 amide bonds. The summed E-state index contributed by atoms with van der Waals surface area (Å²) in [6.07, 6.45) is 16.6. The highest BCUT2D eigenvalue weighted by Crippen LogP contribution is 2.58. The summed E-state index contributed by atoms with van der Waals surface area (Å²) in [7, 11) is 6.58. The number of amides is 5. The van der Waals surface area contributed by atoms with Crippen LogP contribution in [0.4, 0.5) is 23.0 Å². The van der Waals surface area contributed by atoms with Gasteiger partial charge in [-0.2, -0.15) is 9.56 Å². The summed E-state index contributed by atoms with van der Waals surface area (Å²) in [5, 5.41) is 38.8. The molecule has 8 aliphatic rings. The Morgan fingerprint density at radius 1 is 0.733 bits per heavy atom. The maximum atomic E-state index is 14.4. The Hall–Kier alpha value is -9.20. The maximum absolute atomic E-state index is 14.4. The minimum atomic E-state index is -1.61. The minimum Gasteiger partial charge on any atom is -0.444 e. The van der Waals surface area contributed by atoms with E-state index in [-0.39, 0.29) is 194 Å². The van der Waals surface area contributed by atoms with Crippen LogP contribution >= 0.6 is 21.6 Å². The number of anilines is 3. The van der Waals surface area contributed by atoms with Crippen molar-refractivity contribution in [3.63, 3.8) is 0 Å². The number of carbonyl (C=O) groups excluding carboxylic acids is 7. The minimum absolute atomic E-state index is 0.0101. The lowest BCUT2D eigenvalue weighted by molar-refractivity contribution is -0.401. The third-order valence-electron chi connectivity index (χ3n) is 29.4. The Bertz CT molecular complexity index is 5180. The van der Waals surface area contributed by atoms with Crippen LogP contribution in [-0.2, 0) is 88.8 Å². The van der Waals surface area contributed by atoms with Gasteiger partial charge in [0.05, 0.1) is 102 Å². The first-order valence-electron chi connectivity index (χ1n) is 48.2. The van der Waals surface area contributed by atoms with E-state index >= 15 is 0 Å². The predicted octanol–water partition coefficient (Wildman–Crippen LogP) is 12.1. The lowest BCUT2D eigenvalue weighted by Crippen LogP contribution is -2.58. The second-order valence-electron chi connectivity index (χ2n) is 39.9. The summed E-state index contributed by atoms with van der Waals surface area (Å²) in [4.78, 5) is 123. The van der Waals surface area contributed by atoms with E-state index in [1.165, 1.54) is 73.8 Å². The van der Waals surface area contributed by atoms with Crippen LogP contribution < -0.4 is 48.1 Å². The van der Waals surface area contributed by atoms with Crippen LogP contribution in [0.3, 0.4) is 0 Å². The number of carbonyl (C=O) groups is 7. The van der Waals surface area contributed by atoms with Gasteiger partial charge in [-0.15, -0.1) is 0 Å². The van der Waals surface area contributed by atoms with Gasteiger partial charge < -0.3 is 95.4 Å². The molecule has 3 aromatic carbocycles. The predicted molar refractivity (Wildman–Crippen MR) is 518 cm³/mol. The number of fused-ring (bicyclic) bond motifs is 3. The molecule has 135 heavy (non-hydrogen) atoms. The van der Waals surface area contributed by atoms with Crippen LogP contribution in [0, 0.1) is 41.4 Å². The first kappa shape index (κ1) is 103. The summed E-state index contributed by atoms with van der Waals surface area (Å²) in [6, 6.07) is 22.2. The fraction of sp³-hybridized carbons (Fsp3) is 0.624. The molecule has 5 aromatic rings. The van der Waals surface area contributed by atoms with E-state index in [1.54, 1.807) is 19.2 Å². The van der Waals surface area contributed by atoms with Gasteiger partial charge in [0.25, 0.3) is 24.4 Å². The van der Waals surface area contributed by atoms with Crippen molar-refractivity contribution in [2.24, 2.45) is 41.4 Å². The Morgan fingerprint density at radius 3 is 2.23 bits per heavy atom. The van der Waals surface area contributed by atoms with Crippen LogP contribution in [0.5, 0.6) is 0 Å². The smallest absolute Gasteiger partial charge is 0.295 e. The number of H-pyrrole nitrogens is 1.